The second kappa shape index (κ2) is 3.92. The molecule has 0 aliphatic rings. The van der Waals surface area contributed by atoms with E-state index in [9.17, 15) is 13.2 Å². The van der Waals surface area contributed by atoms with Crippen LogP contribution in [-0.4, -0.2) is 24.9 Å². The van der Waals surface area contributed by atoms with Gasteiger partial charge in [0.2, 0.25) is 0 Å². The van der Waals surface area contributed by atoms with Gasteiger partial charge in [0, 0.05) is 12.6 Å². The number of halogens is 3. The quantitative estimate of drug-likeness (QED) is 0.694. The fourth-order valence-electron chi connectivity index (χ4n) is 0.724. The Morgan fingerprint density at radius 3 is 2.00 bits per heavy atom. The summed E-state index contributed by atoms with van der Waals surface area (Å²) in [6, 6.07) is -1.02. The van der Waals surface area contributed by atoms with Gasteiger partial charge in [-0.1, -0.05) is 0 Å². The number of ether oxygens (including phenoxy) is 1. The maximum Gasteiger partial charge on any atom is 0.416 e. The van der Waals surface area contributed by atoms with Crippen molar-refractivity contribution in [3.63, 3.8) is 0 Å². The van der Waals surface area contributed by atoms with E-state index in [1.807, 2.05) is 0 Å². The molecule has 0 saturated carbocycles. The Hall–Kier alpha value is -0.290. The average molecular weight is 171 g/mol. The summed E-state index contributed by atoms with van der Waals surface area (Å²) in [5.41, 5.74) is 5.06. The summed E-state index contributed by atoms with van der Waals surface area (Å²) >= 11 is 0. The third kappa shape index (κ3) is 3.57. The summed E-state index contributed by atoms with van der Waals surface area (Å²) in [5, 5.41) is 0. The van der Waals surface area contributed by atoms with Crippen molar-refractivity contribution < 1.29 is 17.9 Å². The Kier molecular flexibility index (Phi) is 3.82. The summed E-state index contributed by atoms with van der Waals surface area (Å²) in [4.78, 5) is 0. The van der Waals surface area contributed by atoms with Crippen LogP contribution in [0.4, 0.5) is 13.2 Å². The van der Waals surface area contributed by atoms with E-state index in [-0.39, 0.29) is 6.61 Å². The Labute approximate surface area is 63.5 Å². The molecule has 0 heterocycles. The highest BCUT2D eigenvalue weighted by Gasteiger charge is 2.42. The highest BCUT2D eigenvalue weighted by atomic mass is 19.4. The minimum atomic E-state index is -4.36. The summed E-state index contributed by atoms with van der Waals surface area (Å²) in [6.07, 6.45) is -6.20. The van der Waals surface area contributed by atoms with Gasteiger partial charge in [0.05, 0.1) is 0 Å². The second-order valence-corrected chi connectivity index (χ2v) is 2.28. The van der Waals surface area contributed by atoms with Crippen molar-refractivity contribution in [2.45, 2.75) is 32.2 Å². The predicted molar refractivity (Wildman–Crippen MR) is 35.1 cm³/mol. The largest absolute Gasteiger partial charge is 0.416 e. The fraction of sp³-hybridized carbons (Fsp3) is 1.00. The molecule has 0 aromatic heterocycles. The number of hydrogen-bond donors (Lipinski definition) is 1. The molecular formula is C6H12F3NO. The monoisotopic (exact) mass is 171 g/mol. The van der Waals surface area contributed by atoms with Gasteiger partial charge in [-0.3, -0.25) is 0 Å². The number of rotatable bonds is 3. The molecule has 11 heavy (non-hydrogen) atoms. The summed E-state index contributed by atoms with van der Waals surface area (Å²) < 4.78 is 40.3. The van der Waals surface area contributed by atoms with Crippen LogP contribution in [0.15, 0.2) is 0 Å². The number of alkyl halides is 3. The first kappa shape index (κ1) is 10.7. The first-order valence-corrected chi connectivity index (χ1v) is 3.33. The molecule has 0 spiro atoms. The smallest absolute Gasteiger partial charge is 0.367 e. The van der Waals surface area contributed by atoms with Crippen molar-refractivity contribution in [2.24, 2.45) is 5.73 Å². The molecule has 68 valence electrons. The first-order valence-electron chi connectivity index (χ1n) is 3.33. The van der Waals surface area contributed by atoms with Gasteiger partial charge in [-0.2, -0.15) is 13.2 Å². The zero-order valence-electron chi connectivity index (χ0n) is 6.48. The van der Waals surface area contributed by atoms with Crippen molar-refractivity contribution >= 4 is 0 Å². The van der Waals surface area contributed by atoms with Crippen molar-refractivity contribution in [1.82, 2.24) is 0 Å². The molecule has 2 N–H and O–H groups in total. The molecule has 0 aliphatic carbocycles. The molecule has 0 amide bonds. The van der Waals surface area contributed by atoms with Crippen LogP contribution in [-0.2, 0) is 4.74 Å². The standard InChI is InChI=1S/C6H12F3NO/c1-3-11-5(4(2)10)6(7,8)9/h4-5H,3,10H2,1-2H3/t4-,5+/m0/s1. The van der Waals surface area contributed by atoms with E-state index in [2.05, 4.69) is 4.74 Å². The molecule has 0 fully saturated rings. The van der Waals surface area contributed by atoms with Crippen molar-refractivity contribution in [3.8, 4) is 0 Å². The maximum absolute atomic E-state index is 12.0. The molecule has 0 aliphatic heterocycles. The maximum atomic E-state index is 12.0. The van der Waals surface area contributed by atoms with E-state index < -0.39 is 18.3 Å². The summed E-state index contributed by atoms with van der Waals surface area (Å²) in [5.74, 6) is 0. The Bertz CT molecular complexity index is 113. The van der Waals surface area contributed by atoms with Crippen LogP contribution in [0.3, 0.4) is 0 Å². The molecule has 2 atom stereocenters. The second-order valence-electron chi connectivity index (χ2n) is 2.28. The highest BCUT2D eigenvalue weighted by Crippen LogP contribution is 2.24. The lowest BCUT2D eigenvalue weighted by Crippen LogP contribution is -2.45. The predicted octanol–water partition coefficient (Wildman–Crippen LogP) is 1.30. The molecular weight excluding hydrogens is 159 g/mol. The van der Waals surface area contributed by atoms with E-state index in [1.165, 1.54) is 13.8 Å². The average Bonchev–Trinajstić information content (AvgIpc) is 1.79. The zero-order chi connectivity index (χ0) is 9.07. The van der Waals surface area contributed by atoms with Crippen LogP contribution in [0, 0.1) is 0 Å². The van der Waals surface area contributed by atoms with Gasteiger partial charge in [-0.25, -0.2) is 0 Å². The lowest BCUT2D eigenvalue weighted by atomic mass is 10.2. The molecule has 0 unspecified atom stereocenters. The topological polar surface area (TPSA) is 35.2 Å². The van der Waals surface area contributed by atoms with Gasteiger partial charge in [0.15, 0.2) is 6.10 Å². The summed E-state index contributed by atoms with van der Waals surface area (Å²) in [7, 11) is 0. The van der Waals surface area contributed by atoms with E-state index in [4.69, 9.17) is 5.73 Å². The van der Waals surface area contributed by atoms with Crippen molar-refractivity contribution in [1.29, 1.82) is 0 Å². The van der Waals surface area contributed by atoms with Gasteiger partial charge >= 0.3 is 6.18 Å². The van der Waals surface area contributed by atoms with Crippen LogP contribution in [0.25, 0.3) is 0 Å². The molecule has 5 heteroatoms. The minimum absolute atomic E-state index is 0.0196. The van der Waals surface area contributed by atoms with Gasteiger partial charge < -0.3 is 10.5 Å². The van der Waals surface area contributed by atoms with Crippen molar-refractivity contribution in [2.75, 3.05) is 6.61 Å². The van der Waals surface area contributed by atoms with Crippen LogP contribution in [0.5, 0.6) is 0 Å². The highest BCUT2D eigenvalue weighted by molar-refractivity contribution is 4.75. The van der Waals surface area contributed by atoms with Gasteiger partial charge in [0.25, 0.3) is 0 Å². The number of nitrogens with two attached hydrogens (primary N) is 1. The Balaban J connectivity index is 4.10. The molecule has 2 nitrogen and oxygen atoms in total. The normalized spacial score (nSPS) is 18.0. The molecule has 0 aromatic carbocycles. The first-order chi connectivity index (χ1) is 4.89. The van der Waals surface area contributed by atoms with Crippen LogP contribution in [0.1, 0.15) is 13.8 Å². The Morgan fingerprint density at radius 2 is 1.91 bits per heavy atom. The molecule has 0 aromatic rings. The molecule has 0 rings (SSSR count). The molecule has 0 saturated heterocycles. The third-order valence-electron chi connectivity index (χ3n) is 1.15. The summed E-state index contributed by atoms with van der Waals surface area (Å²) in [6.45, 7) is 2.79. The van der Waals surface area contributed by atoms with E-state index in [0.717, 1.165) is 0 Å². The van der Waals surface area contributed by atoms with Crippen molar-refractivity contribution in [3.05, 3.63) is 0 Å². The van der Waals surface area contributed by atoms with Gasteiger partial charge in [-0.05, 0) is 13.8 Å². The fourth-order valence-corrected chi connectivity index (χ4v) is 0.724. The van der Waals surface area contributed by atoms with E-state index in [1.54, 1.807) is 0 Å². The van der Waals surface area contributed by atoms with Crippen LogP contribution >= 0.6 is 0 Å². The molecule has 0 radical (unpaired) electrons. The van der Waals surface area contributed by atoms with E-state index >= 15 is 0 Å². The SMILES string of the molecule is CCO[C@H]([C@H](C)N)C(F)(F)F. The van der Waals surface area contributed by atoms with E-state index in [0.29, 0.717) is 0 Å². The third-order valence-corrected chi connectivity index (χ3v) is 1.15. The van der Waals surface area contributed by atoms with Gasteiger partial charge in [-0.15, -0.1) is 0 Å². The van der Waals surface area contributed by atoms with Crippen LogP contribution in [0.2, 0.25) is 0 Å². The lowest BCUT2D eigenvalue weighted by molar-refractivity contribution is -0.223. The number of hydrogen-bond acceptors (Lipinski definition) is 2. The molecule has 0 bridgehead atoms. The van der Waals surface area contributed by atoms with Crippen LogP contribution < -0.4 is 5.73 Å². The van der Waals surface area contributed by atoms with Gasteiger partial charge in [0.1, 0.15) is 0 Å². The lowest BCUT2D eigenvalue weighted by Gasteiger charge is -2.22. The zero-order valence-corrected chi connectivity index (χ0v) is 6.48. The minimum Gasteiger partial charge on any atom is -0.367 e. The Morgan fingerprint density at radius 1 is 1.45 bits per heavy atom.